The summed E-state index contributed by atoms with van der Waals surface area (Å²) in [5.74, 6) is 1.19. The Labute approximate surface area is 86.6 Å². The van der Waals surface area contributed by atoms with Gasteiger partial charge in [0.2, 0.25) is 5.91 Å². The summed E-state index contributed by atoms with van der Waals surface area (Å²) in [6.07, 6.45) is 3.29. The summed E-state index contributed by atoms with van der Waals surface area (Å²) in [6.45, 7) is 7.11. The normalized spacial score (nSPS) is 21.5. The Kier molecular flexibility index (Phi) is 4.94. The molecule has 0 bridgehead atoms. The van der Waals surface area contributed by atoms with Gasteiger partial charge >= 0.3 is 0 Å². The van der Waals surface area contributed by atoms with E-state index in [1.54, 1.807) is 0 Å². The molecule has 82 valence electrons. The summed E-state index contributed by atoms with van der Waals surface area (Å²) >= 11 is 0. The molecule has 0 radical (unpaired) electrons. The highest BCUT2D eigenvalue weighted by Crippen LogP contribution is 2.07. The molecule has 1 saturated heterocycles. The van der Waals surface area contributed by atoms with Crippen LogP contribution < -0.4 is 10.6 Å². The number of nitrogens with one attached hydrogen (secondary N) is 2. The highest BCUT2D eigenvalue weighted by molar-refractivity contribution is 5.79. The first kappa shape index (κ1) is 11.5. The molecule has 0 spiro atoms. The molecular formula is C11H22N2O. The average molecular weight is 198 g/mol. The van der Waals surface area contributed by atoms with E-state index in [0.29, 0.717) is 0 Å². The summed E-state index contributed by atoms with van der Waals surface area (Å²) in [5.41, 5.74) is 0. The van der Waals surface area contributed by atoms with Crippen molar-refractivity contribution in [2.24, 2.45) is 11.8 Å². The van der Waals surface area contributed by atoms with Crippen LogP contribution in [0.3, 0.4) is 0 Å². The number of amides is 1. The maximum Gasteiger partial charge on any atom is 0.224 e. The lowest BCUT2D eigenvalue weighted by atomic mass is 10.1. The summed E-state index contributed by atoms with van der Waals surface area (Å²) in [5, 5.41) is 6.20. The second-order valence-corrected chi connectivity index (χ2v) is 4.52. The van der Waals surface area contributed by atoms with Crippen LogP contribution in [-0.2, 0) is 4.79 Å². The van der Waals surface area contributed by atoms with Crippen molar-refractivity contribution in [2.45, 2.75) is 33.1 Å². The first-order valence-corrected chi connectivity index (χ1v) is 5.68. The molecule has 0 aliphatic carbocycles. The maximum absolute atomic E-state index is 11.5. The monoisotopic (exact) mass is 198 g/mol. The van der Waals surface area contributed by atoms with Crippen LogP contribution >= 0.6 is 0 Å². The summed E-state index contributed by atoms with van der Waals surface area (Å²) in [6, 6.07) is 0. The zero-order chi connectivity index (χ0) is 10.4. The fraction of sp³-hybridized carbons (Fsp3) is 0.909. The summed E-state index contributed by atoms with van der Waals surface area (Å²) in [7, 11) is 0. The van der Waals surface area contributed by atoms with Gasteiger partial charge in [0.25, 0.3) is 0 Å². The Balaban J connectivity index is 2.03. The number of carbonyl (C=O) groups is 1. The van der Waals surface area contributed by atoms with Crippen LogP contribution in [0.5, 0.6) is 0 Å². The lowest BCUT2D eigenvalue weighted by Crippen LogP contribution is -2.32. The largest absolute Gasteiger partial charge is 0.356 e. The topological polar surface area (TPSA) is 41.1 Å². The van der Waals surface area contributed by atoms with Crippen LogP contribution in [0.25, 0.3) is 0 Å². The van der Waals surface area contributed by atoms with Gasteiger partial charge in [-0.05, 0) is 31.7 Å². The Morgan fingerprint density at radius 1 is 1.57 bits per heavy atom. The predicted molar refractivity (Wildman–Crippen MR) is 58.1 cm³/mol. The van der Waals surface area contributed by atoms with E-state index >= 15 is 0 Å². The van der Waals surface area contributed by atoms with Crippen molar-refractivity contribution in [2.75, 3.05) is 19.6 Å². The van der Waals surface area contributed by atoms with E-state index in [4.69, 9.17) is 0 Å². The van der Waals surface area contributed by atoms with Gasteiger partial charge < -0.3 is 10.6 Å². The molecule has 0 unspecified atom stereocenters. The van der Waals surface area contributed by atoms with Gasteiger partial charge in [0.1, 0.15) is 0 Å². The molecule has 3 nitrogen and oxygen atoms in total. The lowest BCUT2D eigenvalue weighted by molar-refractivity contribution is -0.124. The van der Waals surface area contributed by atoms with Crippen LogP contribution in [0.1, 0.15) is 33.1 Å². The molecule has 1 aliphatic rings. The van der Waals surface area contributed by atoms with Crippen molar-refractivity contribution in [3.05, 3.63) is 0 Å². The smallest absolute Gasteiger partial charge is 0.224 e. The number of rotatable bonds is 5. The molecular weight excluding hydrogens is 176 g/mol. The van der Waals surface area contributed by atoms with Gasteiger partial charge in [0.15, 0.2) is 0 Å². The Bertz CT molecular complexity index is 174. The number of carbonyl (C=O) groups excluding carboxylic acids is 1. The van der Waals surface area contributed by atoms with E-state index in [2.05, 4.69) is 24.5 Å². The van der Waals surface area contributed by atoms with Crippen molar-refractivity contribution in [3.63, 3.8) is 0 Å². The average Bonchev–Trinajstić information content (AvgIpc) is 2.64. The highest BCUT2D eigenvalue weighted by atomic mass is 16.1. The van der Waals surface area contributed by atoms with E-state index in [1.165, 1.54) is 6.42 Å². The molecule has 1 fully saturated rings. The summed E-state index contributed by atoms with van der Waals surface area (Å²) < 4.78 is 0. The molecule has 0 saturated carbocycles. The van der Waals surface area contributed by atoms with Crippen LogP contribution in [0.2, 0.25) is 0 Å². The molecule has 2 N–H and O–H groups in total. The zero-order valence-corrected chi connectivity index (χ0v) is 9.31. The first-order valence-electron chi connectivity index (χ1n) is 5.68. The SMILES string of the molecule is CC(C)CCCNC(=O)[C@H]1CCNC1. The van der Waals surface area contributed by atoms with Crippen molar-refractivity contribution in [1.29, 1.82) is 0 Å². The molecule has 1 atom stereocenters. The third-order valence-corrected chi connectivity index (χ3v) is 2.69. The standard InChI is InChI=1S/C11H22N2O/c1-9(2)4-3-6-13-11(14)10-5-7-12-8-10/h9-10,12H,3-8H2,1-2H3,(H,13,14)/t10-/m0/s1. The van der Waals surface area contributed by atoms with Gasteiger partial charge in [-0.15, -0.1) is 0 Å². The van der Waals surface area contributed by atoms with Crippen molar-refractivity contribution < 1.29 is 4.79 Å². The van der Waals surface area contributed by atoms with Gasteiger partial charge in [0, 0.05) is 13.1 Å². The molecule has 0 aromatic heterocycles. The minimum absolute atomic E-state index is 0.217. The van der Waals surface area contributed by atoms with Crippen LogP contribution in [0.15, 0.2) is 0 Å². The molecule has 0 aromatic rings. The van der Waals surface area contributed by atoms with Crippen LogP contribution in [0, 0.1) is 11.8 Å². The molecule has 1 heterocycles. The predicted octanol–water partition coefficient (Wildman–Crippen LogP) is 1.15. The molecule has 1 aliphatic heterocycles. The van der Waals surface area contributed by atoms with Crippen molar-refractivity contribution in [1.82, 2.24) is 10.6 Å². The highest BCUT2D eigenvalue weighted by Gasteiger charge is 2.21. The minimum atomic E-state index is 0.217. The Hall–Kier alpha value is -0.570. The third-order valence-electron chi connectivity index (χ3n) is 2.69. The van der Waals surface area contributed by atoms with Crippen LogP contribution in [-0.4, -0.2) is 25.5 Å². The van der Waals surface area contributed by atoms with E-state index in [0.717, 1.165) is 38.4 Å². The van der Waals surface area contributed by atoms with Crippen molar-refractivity contribution >= 4 is 5.91 Å². The number of hydrogen-bond acceptors (Lipinski definition) is 2. The van der Waals surface area contributed by atoms with E-state index in [9.17, 15) is 4.79 Å². The second kappa shape index (κ2) is 6.02. The Morgan fingerprint density at radius 3 is 2.93 bits per heavy atom. The fourth-order valence-corrected chi connectivity index (χ4v) is 1.74. The van der Waals surface area contributed by atoms with Gasteiger partial charge in [0.05, 0.1) is 5.92 Å². The fourth-order valence-electron chi connectivity index (χ4n) is 1.74. The Morgan fingerprint density at radius 2 is 2.36 bits per heavy atom. The molecule has 14 heavy (non-hydrogen) atoms. The minimum Gasteiger partial charge on any atom is -0.356 e. The zero-order valence-electron chi connectivity index (χ0n) is 9.31. The van der Waals surface area contributed by atoms with Crippen molar-refractivity contribution in [3.8, 4) is 0 Å². The third kappa shape index (κ3) is 4.09. The second-order valence-electron chi connectivity index (χ2n) is 4.52. The number of hydrogen-bond donors (Lipinski definition) is 2. The first-order chi connectivity index (χ1) is 6.70. The lowest BCUT2D eigenvalue weighted by Gasteiger charge is -2.10. The molecule has 1 rings (SSSR count). The van der Waals surface area contributed by atoms with Gasteiger partial charge in [-0.25, -0.2) is 0 Å². The quantitative estimate of drug-likeness (QED) is 0.651. The van der Waals surface area contributed by atoms with Crippen LogP contribution in [0.4, 0.5) is 0 Å². The van der Waals surface area contributed by atoms with Gasteiger partial charge in [-0.2, -0.15) is 0 Å². The van der Waals surface area contributed by atoms with E-state index < -0.39 is 0 Å². The molecule has 0 aromatic carbocycles. The summed E-state index contributed by atoms with van der Waals surface area (Å²) in [4.78, 5) is 11.5. The van der Waals surface area contributed by atoms with E-state index in [1.807, 2.05) is 0 Å². The molecule has 1 amide bonds. The molecule has 3 heteroatoms. The maximum atomic E-state index is 11.5. The van der Waals surface area contributed by atoms with Gasteiger partial charge in [-0.3, -0.25) is 4.79 Å². The van der Waals surface area contributed by atoms with Gasteiger partial charge in [-0.1, -0.05) is 13.8 Å². The van der Waals surface area contributed by atoms with E-state index in [-0.39, 0.29) is 11.8 Å².